The minimum absolute atomic E-state index is 0.418. The molecule has 0 bridgehead atoms. The molecular formula is C17H27NO. The Hall–Kier alpha value is -1.02. The van der Waals surface area contributed by atoms with Crippen molar-refractivity contribution in [1.82, 2.24) is 5.32 Å². The molecule has 1 aromatic rings. The van der Waals surface area contributed by atoms with Crippen molar-refractivity contribution < 1.29 is 4.74 Å². The Morgan fingerprint density at radius 1 is 1.21 bits per heavy atom. The zero-order valence-electron chi connectivity index (χ0n) is 12.5. The van der Waals surface area contributed by atoms with E-state index in [1.165, 1.54) is 18.4 Å². The van der Waals surface area contributed by atoms with Crippen LogP contribution in [0, 0.1) is 11.8 Å². The van der Waals surface area contributed by atoms with Crippen LogP contribution in [0.2, 0.25) is 0 Å². The van der Waals surface area contributed by atoms with Crippen LogP contribution in [-0.4, -0.2) is 13.2 Å². The minimum atomic E-state index is 0.418. The monoisotopic (exact) mass is 261 g/mol. The molecule has 0 radical (unpaired) electrons. The Labute approximate surface area is 117 Å². The molecule has 1 saturated carbocycles. The van der Waals surface area contributed by atoms with Gasteiger partial charge in [0.1, 0.15) is 5.75 Å². The van der Waals surface area contributed by atoms with Crippen LogP contribution in [0.3, 0.4) is 0 Å². The topological polar surface area (TPSA) is 21.3 Å². The Morgan fingerprint density at radius 2 is 1.89 bits per heavy atom. The number of hydrogen-bond donors (Lipinski definition) is 1. The minimum Gasteiger partial charge on any atom is -0.494 e. The molecule has 0 amide bonds. The van der Waals surface area contributed by atoms with E-state index in [4.69, 9.17) is 4.74 Å². The first-order valence-corrected chi connectivity index (χ1v) is 7.66. The quantitative estimate of drug-likeness (QED) is 0.758. The van der Waals surface area contributed by atoms with E-state index in [9.17, 15) is 0 Å². The maximum absolute atomic E-state index is 5.61. The van der Waals surface area contributed by atoms with Crippen molar-refractivity contribution in [3.63, 3.8) is 0 Å². The van der Waals surface area contributed by atoms with Gasteiger partial charge in [-0.3, -0.25) is 0 Å². The van der Waals surface area contributed by atoms with Crippen LogP contribution in [0.25, 0.3) is 0 Å². The van der Waals surface area contributed by atoms with Gasteiger partial charge in [-0.1, -0.05) is 26.0 Å². The van der Waals surface area contributed by atoms with E-state index in [0.29, 0.717) is 6.04 Å². The number of rotatable bonds is 8. The molecule has 1 aliphatic carbocycles. The number of hydrogen-bond acceptors (Lipinski definition) is 2. The second kappa shape index (κ2) is 6.95. The molecule has 0 saturated heterocycles. The van der Waals surface area contributed by atoms with Gasteiger partial charge < -0.3 is 10.1 Å². The van der Waals surface area contributed by atoms with Crippen LogP contribution in [-0.2, 0) is 0 Å². The summed E-state index contributed by atoms with van der Waals surface area (Å²) in [6, 6.07) is 8.91. The molecule has 1 aliphatic rings. The summed E-state index contributed by atoms with van der Waals surface area (Å²) in [4.78, 5) is 0. The van der Waals surface area contributed by atoms with Gasteiger partial charge in [-0.25, -0.2) is 0 Å². The van der Waals surface area contributed by atoms with Gasteiger partial charge in [0.2, 0.25) is 0 Å². The zero-order chi connectivity index (χ0) is 13.7. The molecule has 2 unspecified atom stereocenters. The standard InChI is InChI=1S/C17H27NO/c1-4-11-19-17-9-7-16(8-10-17)14(3)18-12-13(2)15-5-6-15/h7-10,13-15,18H,4-6,11-12H2,1-3H3. The fourth-order valence-corrected chi connectivity index (χ4v) is 2.39. The van der Waals surface area contributed by atoms with E-state index in [1.807, 2.05) is 0 Å². The van der Waals surface area contributed by atoms with Crippen molar-refractivity contribution in [3.8, 4) is 5.75 Å². The number of ether oxygens (including phenoxy) is 1. The lowest BCUT2D eigenvalue weighted by Gasteiger charge is -2.18. The summed E-state index contributed by atoms with van der Waals surface area (Å²) in [6.45, 7) is 8.65. The lowest BCUT2D eigenvalue weighted by Crippen LogP contribution is -2.25. The predicted octanol–water partition coefficient (Wildman–Crippen LogP) is 4.17. The highest BCUT2D eigenvalue weighted by atomic mass is 16.5. The molecule has 2 heteroatoms. The second-order valence-electron chi connectivity index (χ2n) is 5.86. The molecule has 0 spiro atoms. The van der Waals surface area contributed by atoms with E-state index in [1.54, 1.807) is 0 Å². The molecule has 19 heavy (non-hydrogen) atoms. The Morgan fingerprint density at radius 3 is 2.47 bits per heavy atom. The summed E-state index contributed by atoms with van der Waals surface area (Å²) in [5, 5.41) is 3.64. The summed E-state index contributed by atoms with van der Waals surface area (Å²) >= 11 is 0. The van der Waals surface area contributed by atoms with E-state index < -0.39 is 0 Å². The highest BCUT2D eigenvalue weighted by Crippen LogP contribution is 2.36. The lowest BCUT2D eigenvalue weighted by atomic mass is 10.0. The summed E-state index contributed by atoms with van der Waals surface area (Å²) in [7, 11) is 0. The van der Waals surface area contributed by atoms with Gasteiger partial charge in [0.25, 0.3) is 0 Å². The van der Waals surface area contributed by atoms with E-state index in [-0.39, 0.29) is 0 Å². The highest BCUT2D eigenvalue weighted by molar-refractivity contribution is 5.28. The zero-order valence-corrected chi connectivity index (χ0v) is 12.5. The van der Waals surface area contributed by atoms with Gasteiger partial charge in [-0.2, -0.15) is 0 Å². The number of nitrogens with one attached hydrogen (secondary N) is 1. The molecule has 1 N–H and O–H groups in total. The fraction of sp³-hybridized carbons (Fsp3) is 0.647. The summed E-state index contributed by atoms with van der Waals surface area (Å²) in [5.41, 5.74) is 1.34. The fourth-order valence-electron chi connectivity index (χ4n) is 2.39. The van der Waals surface area contributed by atoms with Crippen LogP contribution in [0.1, 0.15) is 51.6 Å². The smallest absolute Gasteiger partial charge is 0.119 e. The third kappa shape index (κ3) is 4.54. The number of benzene rings is 1. The van der Waals surface area contributed by atoms with Gasteiger partial charge in [0.05, 0.1) is 6.61 Å². The van der Waals surface area contributed by atoms with E-state index in [0.717, 1.165) is 37.2 Å². The largest absolute Gasteiger partial charge is 0.494 e. The van der Waals surface area contributed by atoms with Crippen molar-refractivity contribution in [2.75, 3.05) is 13.2 Å². The molecule has 0 aliphatic heterocycles. The molecule has 2 nitrogen and oxygen atoms in total. The van der Waals surface area contributed by atoms with Gasteiger partial charge in [0.15, 0.2) is 0 Å². The Bertz CT molecular complexity index is 369. The third-order valence-corrected chi connectivity index (χ3v) is 4.03. The van der Waals surface area contributed by atoms with Gasteiger partial charge >= 0.3 is 0 Å². The maximum atomic E-state index is 5.61. The summed E-state index contributed by atoms with van der Waals surface area (Å²) < 4.78 is 5.61. The third-order valence-electron chi connectivity index (χ3n) is 4.03. The SMILES string of the molecule is CCCOc1ccc(C(C)NCC(C)C2CC2)cc1. The molecule has 106 valence electrons. The first-order chi connectivity index (χ1) is 9.20. The first kappa shape index (κ1) is 14.4. The molecule has 1 aromatic carbocycles. The van der Waals surface area contributed by atoms with Crippen molar-refractivity contribution in [3.05, 3.63) is 29.8 Å². The van der Waals surface area contributed by atoms with Crippen molar-refractivity contribution in [2.24, 2.45) is 11.8 Å². The predicted molar refractivity (Wildman–Crippen MR) is 80.5 cm³/mol. The molecule has 2 rings (SSSR count). The second-order valence-corrected chi connectivity index (χ2v) is 5.86. The van der Waals surface area contributed by atoms with E-state index >= 15 is 0 Å². The highest BCUT2D eigenvalue weighted by Gasteiger charge is 2.27. The normalized spacial score (nSPS) is 18.1. The van der Waals surface area contributed by atoms with Crippen molar-refractivity contribution in [2.45, 2.75) is 46.1 Å². The molecule has 2 atom stereocenters. The molecule has 1 fully saturated rings. The molecular weight excluding hydrogens is 234 g/mol. The van der Waals surface area contributed by atoms with Crippen LogP contribution in [0.5, 0.6) is 5.75 Å². The Balaban J connectivity index is 1.79. The average molecular weight is 261 g/mol. The van der Waals surface area contributed by atoms with Crippen LogP contribution < -0.4 is 10.1 Å². The van der Waals surface area contributed by atoms with Crippen LogP contribution in [0.15, 0.2) is 24.3 Å². The van der Waals surface area contributed by atoms with Crippen molar-refractivity contribution >= 4 is 0 Å². The molecule has 0 aromatic heterocycles. The van der Waals surface area contributed by atoms with Crippen molar-refractivity contribution in [1.29, 1.82) is 0 Å². The van der Waals surface area contributed by atoms with Crippen LogP contribution in [0.4, 0.5) is 0 Å². The van der Waals surface area contributed by atoms with Gasteiger partial charge in [0, 0.05) is 6.04 Å². The maximum Gasteiger partial charge on any atom is 0.119 e. The first-order valence-electron chi connectivity index (χ1n) is 7.66. The molecule has 0 heterocycles. The van der Waals surface area contributed by atoms with Gasteiger partial charge in [-0.15, -0.1) is 0 Å². The van der Waals surface area contributed by atoms with E-state index in [2.05, 4.69) is 50.4 Å². The average Bonchev–Trinajstić information content (AvgIpc) is 3.27. The lowest BCUT2D eigenvalue weighted by molar-refractivity contribution is 0.317. The Kier molecular flexibility index (Phi) is 5.26. The summed E-state index contributed by atoms with van der Waals surface area (Å²) in [6.07, 6.45) is 3.92. The van der Waals surface area contributed by atoms with Crippen LogP contribution >= 0.6 is 0 Å². The van der Waals surface area contributed by atoms with Gasteiger partial charge in [-0.05, 0) is 62.3 Å². The summed E-state index contributed by atoms with van der Waals surface area (Å²) in [5.74, 6) is 2.77.